The zero-order chi connectivity index (χ0) is 10.4. The maximum absolute atomic E-state index is 10.7. The molecule has 4 heteroatoms. The normalized spacial score (nSPS) is 9.71. The first-order valence-electron chi connectivity index (χ1n) is 3.88. The summed E-state index contributed by atoms with van der Waals surface area (Å²) < 4.78 is 4.42. The first-order chi connectivity index (χ1) is 6.76. The van der Waals surface area contributed by atoms with Gasteiger partial charge in [-0.25, -0.2) is 9.78 Å². The van der Waals surface area contributed by atoms with Crippen LogP contribution in [0.15, 0.2) is 24.4 Å². The van der Waals surface area contributed by atoms with Crippen molar-refractivity contribution in [1.29, 1.82) is 5.26 Å². The topological polar surface area (TPSA) is 63.0 Å². The summed E-state index contributed by atoms with van der Waals surface area (Å²) in [7, 11) is 1.31. The molecule has 0 unspecified atom stereocenters. The number of rotatable bonds is 2. The van der Waals surface area contributed by atoms with Crippen molar-refractivity contribution in [2.24, 2.45) is 0 Å². The Hall–Kier alpha value is -2.15. The van der Waals surface area contributed by atoms with Crippen LogP contribution in [0.2, 0.25) is 0 Å². The maximum Gasteiger partial charge on any atom is 0.330 e. The minimum absolute atomic E-state index is 0.317. The molecule has 0 bridgehead atoms. The van der Waals surface area contributed by atoms with Crippen molar-refractivity contribution in [2.45, 2.75) is 0 Å². The molecule has 0 N–H and O–H groups in total. The van der Waals surface area contributed by atoms with Gasteiger partial charge in [0.15, 0.2) is 0 Å². The highest BCUT2D eigenvalue weighted by Gasteiger charge is 1.94. The highest BCUT2D eigenvalue weighted by atomic mass is 16.5. The van der Waals surface area contributed by atoms with E-state index in [1.165, 1.54) is 19.4 Å². The molecule has 4 nitrogen and oxygen atoms in total. The lowest BCUT2D eigenvalue weighted by Crippen LogP contribution is -1.93. The number of nitriles is 1. The molecule has 0 atom stereocenters. The molecule has 0 spiro atoms. The molecule has 1 aromatic heterocycles. The number of nitrogens with zero attached hydrogens (tertiary/aromatic N) is 2. The van der Waals surface area contributed by atoms with Gasteiger partial charge in [-0.1, -0.05) is 0 Å². The van der Waals surface area contributed by atoms with Crippen molar-refractivity contribution in [3.63, 3.8) is 0 Å². The molecule has 0 saturated heterocycles. The second-order valence-corrected chi connectivity index (χ2v) is 2.44. The number of hydrogen-bond acceptors (Lipinski definition) is 4. The molecule has 1 rings (SSSR count). The fraction of sp³-hybridized carbons (Fsp3) is 0.100. The average Bonchev–Trinajstić information content (AvgIpc) is 2.26. The molecular formula is C10H8N2O2. The van der Waals surface area contributed by atoms with Crippen LogP contribution in [-0.4, -0.2) is 18.1 Å². The summed E-state index contributed by atoms with van der Waals surface area (Å²) in [6.45, 7) is 0. The van der Waals surface area contributed by atoms with Crippen LogP contribution < -0.4 is 0 Å². The van der Waals surface area contributed by atoms with Crippen molar-refractivity contribution >= 4 is 12.0 Å². The third-order valence-electron chi connectivity index (χ3n) is 1.51. The molecule has 1 aromatic rings. The van der Waals surface area contributed by atoms with Gasteiger partial charge in [-0.05, 0) is 23.8 Å². The number of esters is 1. The zero-order valence-corrected chi connectivity index (χ0v) is 7.60. The second kappa shape index (κ2) is 4.77. The van der Waals surface area contributed by atoms with Crippen LogP contribution in [0.25, 0.3) is 6.08 Å². The summed E-state index contributed by atoms with van der Waals surface area (Å²) in [5, 5.41) is 8.56. The molecule has 0 aromatic carbocycles. The standard InChI is InChI=1S/C10H8N2O2/c1-14-10(13)3-2-8-4-5-12-9(6-8)7-11/h2-6H,1H3. The molecule has 0 fully saturated rings. The largest absolute Gasteiger partial charge is 0.466 e. The molecule has 1 heterocycles. The van der Waals surface area contributed by atoms with Crippen LogP contribution in [0.5, 0.6) is 0 Å². The predicted octanol–water partition coefficient (Wildman–Crippen LogP) is 1.14. The Kier molecular flexibility index (Phi) is 3.39. The highest BCUT2D eigenvalue weighted by molar-refractivity contribution is 5.86. The molecule has 0 aliphatic heterocycles. The van der Waals surface area contributed by atoms with Gasteiger partial charge in [-0.15, -0.1) is 0 Å². The summed E-state index contributed by atoms with van der Waals surface area (Å²) in [4.78, 5) is 14.5. The molecule has 0 aliphatic rings. The van der Waals surface area contributed by atoms with E-state index in [1.807, 2.05) is 6.07 Å². The fourth-order valence-corrected chi connectivity index (χ4v) is 0.844. The lowest BCUT2D eigenvalue weighted by Gasteiger charge is -1.93. The van der Waals surface area contributed by atoms with Crippen LogP contribution in [-0.2, 0) is 9.53 Å². The van der Waals surface area contributed by atoms with Crippen LogP contribution in [0.4, 0.5) is 0 Å². The summed E-state index contributed by atoms with van der Waals surface area (Å²) in [6.07, 6.45) is 4.36. The highest BCUT2D eigenvalue weighted by Crippen LogP contribution is 2.03. The SMILES string of the molecule is COC(=O)C=Cc1ccnc(C#N)c1. The minimum Gasteiger partial charge on any atom is -0.466 e. The smallest absolute Gasteiger partial charge is 0.330 e. The van der Waals surface area contributed by atoms with E-state index in [9.17, 15) is 4.79 Å². The zero-order valence-electron chi connectivity index (χ0n) is 7.60. The van der Waals surface area contributed by atoms with Gasteiger partial charge in [0, 0.05) is 12.3 Å². The Balaban J connectivity index is 2.83. The van der Waals surface area contributed by atoms with E-state index in [1.54, 1.807) is 18.2 Å². The predicted molar refractivity (Wildman–Crippen MR) is 50.0 cm³/mol. The Morgan fingerprint density at radius 3 is 3.14 bits per heavy atom. The quantitative estimate of drug-likeness (QED) is 0.515. The van der Waals surface area contributed by atoms with Gasteiger partial charge in [0.1, 0.15) is 11.8 Å². The molecular weight excluding hydrogens is 180 g/mol. The number of pyridine rings is 1. The van der Waals surface area contributed by atoms with Gasteiger partial charge in [0.2, 0.25) is 0 Å². The monoisotopic (exact) mass is 188 g/mol. The van der Waals surface area contributed by atoms with Crippen molar-refractivity contribution in [3.05, 3.63) is 35.7 Å². The first kappa shape index (κ1) is 9.93. The number of hydrogen-bond donors (Lipinski definition) is 0. The van der Waals surface area contributed by atoms with Gasteiger partial charge in [0.25, 0.3) is 0 Å². The van der Waals surface area contributed by atoms with Crippen molar-refractivity contribution in [2.75, 3.05) is 7.11 Å². The van der Waals surface area contributed by atoms with E-state index in [2.05, 4.69) is 9.72 Å². The van der Waals surface area contributed by atoms with Crippen LogP contribution >= 0.6 is 0 Å². The van der Waals surface area contributed by atoms with Crippen LogP contribution in [0, 0.1) is 11.3 Å². The van der Waals surface area contributed by atoms with Crippen molar-refractivity contribution in [3.8, 4) is 6.07 Å². The van der Waals surface area contributed by atoms with E-state index in [0.717, 1.165) is 5.56 Å². The molecule has 0 aliphatic carbocycles. The molecule has 0 amide bonds. The molecule has 0 saturated carbocycles. The Labute approximate surface area is 81.5 Å². The van der Waals surface area contributed by atoms with Gasteiger partial charge in [-0.2, -0.15) is 5.26 Å². The first-order valence-corrected chi connectivity index (χ1v) is 3.88. The molecule has 70 valence electrons. The maximum atomic E-state index is 10.7. The number of carbonyl (C=O) groups is 1. The summed E-state index contributed by atoms with van der Waals surface area (Å²) in [5.41, 5.74) is 1.05. The Morgan fingerprint density at radius 1 is 1.71 bits per heavy atom. The van der Waals surface area contributed by atoms with Gasteiger partial charge in [0.05, 0.1) is 7.11 Å². The summed E-state index contributed by atoms with van der Waals surface area (Å²) in [6, 6.07) is 5.19. The van der Waals surface area contributed by atoms with Gasteiger partial charge in [-0.3, -0.25) is 0 Å². The molecule has 0 radical (unpaired) electrons. The van der Waals surface area contributed by atoms with Crippen LogP contribution in [0.3, 0.4) is 0 Å². The van der Waals surface area contributed by atoms with Crippen molar-refractivity contribution in [1.82, 2.24) is 4.98 Å². The van der Waals surface area contributed by atoms with E-state index < -0.39 is 5.97 Å². The third-order valence-corrected chi connectivity index (χ3v) is 1.51. The van der Waals surface area contributed by atoms with E-state index in [0.29, 0.717) is 5.69 Å². The third kappa shape index (κ3) is 2.72. The summed E-state index contributed by atoms with van der Waals surface area (Å²) in [5.74, 6) is -0.430. The van der Waals surface area contributed by atoms with E-state index >= 15 is 0 Å². The fourth-order valence-electron chi connectivity index (χ4n) is 0.844. The summed E-state index contributed by atoms with van der Waals surface area (Å²) >= 11 is 0. The van der Waals surface area contributed by atoms with Crippen molar-refractivity contribution < 1.29 is 9.53 Å². The van der Waals surface area contributed by atoms with E-state index in [4.69, 9.17) is 5.26 Å². The number of methoxy groups -OCH3 is 1. The van der Waals surface area contributed by atoms with Gasteiger partial charge >= 0.3 is 5.97 Å². The van der Waals surface area contributed by atoms with Crippen LogP contribution in [0.1, 0.15) is 11.3 Å². The Bertz CT molecular complexity index is 405. The lowest BCUT2D eigenvalue weighted by molar-refractivity contribution is -0.134. The average molecular weight is 188 g/mol. The second-order valence-electron chi connectivity index (χ2n) is 2.44. The Morgan fingerprint density at radius 2 is 2.50 bits per heavy atom. The number of carbonyl (C=O) groups excluding carboxylic acids is 1. The number of aromatic nitrogens is 1. The lowest BCUT2D eigenvalue weighted by atomic mass is 10.2. The minimum atomic E-state index is -0.430. The van der Waals surface area contributed by atoms with Gasteiger partial charge < -0.3 is 4.74 Å². The van der Waals surface area contributed by atoms with E-state index in [-0.39, 0.29) is 0 Å². The molecule has 14 heavy (non-hydrogen) atoms. The number of ether oxygens (including phenoxy) is 1.